The Morgan fingerprint density at radius 1 is 0.684 bits per heavy atom. The van der Waals surface area contributed by atoms with Gasteiger partial charge in [-0.1, -0.05) is 60.7 Å². The van der Waals surface area contributed by atoms with Crippen LogP contribution in [-0.4, -0.2) is 0 Å². The van der Waals surface area contributed by atoms with E-state index < -0.39 is 12.2 Å². The molecule has 2 aromatic rings. The molecule has 0 aliphatic heterocycles. The van der Waals surface area contributed by atoms with Gasteiger partial charge in [-0.3, -0.25) is 0 Å². The molecule has 0 aromatic heterocycles. The second-order valence-corrected chi connectivity index (χ2v) is 3.98. The Hall–Kier alpha value is -2.62. The average Bonchev–Trinajstić information content (AvgIpc) is 2.50. The first-order valence-electron chi connectivity index (χ1n) is 5.89. The van der Waals surface area contributed by atoms with Crippen LogP contribution in [0, 0.1) is 22.7 Å². The third-order valence-electron chi connectivity index (χ3n) is 2.71. The first-order valence-corrected chi connectivity index (χ1v) is 5.89. The second kappa shape index (κ2) is 6.35. The lowest BCUT2D eigenvalue weighted by Crippen LogP contribution is -2.07. The van der Waals surface area contributed by atoms with Crippen molar-refractivity contribution in [2.24, 2.45) is 0 Å². The van der Waals surface area contributed by atoms with Gasteiger partial charge in [-0.25, -0.2) is 0 Å². The summed E-state index contributed by atoms with van der Waals surface area (Å²) in [6.07, 6.45) is -1.49. The van der Waals surface area contributed by atoms with Gasteiger partial charge in [0, 0.05) is 0 Å². The number of nitriles is 2. The lowest BCUT2D eigenvalue weighted by atomic mass is 10.1. The van der Waals surface area contributed by atoms with E-state index in [9.17, 15) is 10.5 Å². The zero-order chi connectivity index (χ0) is 13.5. The van der Waals surface area contributed by atoms with E-state index in [0.29, 0.717) is 0 Å². The summed E-state index contributed by atoms with van der Waals surface area (Å²) in [7, 11) is 0. The van der Waals surface area contributed by atoms with Gasteiger partial charge in [0.25, 0.3) is 0 Å². The zero-order valence-corrected chi connectivity index (χ0v) is 10.2. The first-order chi connectivity index (χ1) is 9.35. The highest BCUT2D eigenvalue weighted by Gasteiger charge is 2.18. The fourth-order valence-corrected chi connectivity index (χ4v) is 1.76. The van der Waals surface area contributed by atoms with Crippen molar-refractivity contribution in [3.05, 3.63) is 71.8 Å². The van der Waals surface area contributed by atoms with Gasteiger partial charge in [-0.15, -0.1) is 0 Å². The Kier molecular flexibility index (Phi) is 4.29. The molecule has 0 saturated carbocycles. The number of nitrogens with zero attached hydrogens (tertiary/aromatic N) is 2. The van der Waals surface area contributed by atoms with E-state index in [1.54, 1.807) is 0 Å². The van der Waals surface area contributed by atoms with Crippen molar-refractivity contribution in [3.63, 3.8) is 0 Å². The van der Waals surface area contributed by atoms with Gasteiger partial charge in [0.1, 0.15) is 0 Å². The summed E-state index contributed by atoms with van der Waals surface area (Å²) in [6.45, 7) is 0. The normalized spacial score (nSPS) is 12.9. The van der Waals surface area contributed by atoms with Crippen molar-refractivity contribution < 1.29 is 4.74 Å². The van der Waals surface area contributed by atoms with Gasteiger partial charge in [-0.2, -0.15) is 10.5 Å². The summed E-state index contributed by atoms with van der Waals surface area (Å²) in [5.41, 5.74) is 1.50. The van der Waals surface area contributed by atoms with Gasteiger partial charge in [0.2, 0.25) is 0 Å². The molecule has 0 bridgehead atoms. The van der Waals surface area contributed by atoms with E-state index in [1.165, 1.54) is 0 Å². The van der Waals surface area contributed by atoms with E-state index in [2.05, 4.69) is 12.1 Å². The van der Waals surface area contributed by atoms with Gasteiger partial charge < -0.3 is 4.74 Å². The lowest BCUT2D eigenvalue weighted by molar-refractivity contribution is 0.0489. The van der Waals surface area contributed by atoms with Crippen LogP contribution in [0.1, 0.15) is 23.3 Å². The van der Waals surface area contributed by atoms with Crippen LogP contribution in [0.25, 0.3) is 0 Å². The summed E-state index contributed by atoms with van der Waals surface area (Å²) in [5.74, 6) is 0. The highest BCUT2D eigenvalue weighted by molar-refractivity contribution is 5.25. The first kappa shape index (κ1) is 12.8. The highest BCUT2D eigenvalue weighted by Crippen LogP contribution is 2.25. The van der Waals surface area contributed by atoms with Crippen LogP contribution in [0.4, 0.5) is 0 Å². The van der Waals surface area contributed by atoms with Crippen LogP contribution in [0.2, 0.25) is 0 Å². The Balaban J connectivity index is 2.19. The molecule has 0 amide bonds. The summed E-state index contributed by atoms with van der Waals surface area (Å²) in [5, 5.41) is 18.4. The molecule has 0 aliphatic rings. The molecule has 2 rings (SSSR count). The molecule has 3 heteroatoms. The van der Waals surface area contributed by atoms with E-state index in [0.717, 1.165) is 11.1 Å². The SMILES string of the molecule is N#C[C@H](O[C@@H](C#N)c1ccccc1)c1ccccc1. The summed E-state index contributed by atoms with van der Waals surface area (Å²) in [4.78, 5) is 0. The number of benzene rings is 2. The minimum absolute atomic E-state index is 0.744. The van der Waals surface area contributed by atoms with Crippen molar-refractivity contribution >= 4 is 0 Å². The van der Waals surface area contributed by atoms with Crippen LogP contribution in [0.15, 0.2) is 60.7 Å². The van der Waals surface area contributed by atoms with Crippen molar-refractivity contribution in [2.45, 2.75) is 12.2 Å². The zero-order valence-electron chi connectivity index (χ0n) is 10.2. The molecular weight excluding hydrogens is 236 g/mol. The molecular formula is C16H12N2O. The maximum Gasteiger partial charge on any atom is 0.171 e. The molecule has 2 aromatic carbocycles. The smallest absolute Gasteiger partial charge is 0.171 e. The summed E-state index contributed by atoms with van der Waals surface area (Å²) < 4.78 is 5.60. The number of hydrogen-bond donors (Lipinski definition) is 0. The van der Waals surface area contributed by atoms with Gasteiger partial charge >= 0.3 is 0 Å². The monoisotopic (exact) mass is 248 g/mol. The molecule has 0 aliphatic carbocycles. The maximum absolute atomic E-state index is 9.19. The van der Waals surface area contributed by atoms with Gasteiger partial charge in [-0.05, 0) is 11.1 Å². The largest absolute Gasteiger partial charge is 0.336 e. The molecule has 92 valence electrons. The third-order valence-corrected chi connectivity index (χ3v) is 2.71. The van der Waals surface area contributed by atoms with Crippen molar-refractivity contribution in [1.29, 1.82) is 10.5 Å². The molecule has 0 heterocycles. The van der Waals surface area contributed by atoms with E-state index in [4.69, 9.17) is 4.74 Å². The minimum atomic E-state index is -0.744. The molecule has 0 spiro atoms. The second-order valence-electron chi connectivity index (χ2n) is 3.98. The Morgan fingerprint density at radius 2 is 1.05 bits per heavy atom. The molecule has 2 atom stereocenters. The molecule has 3 nitrogen and oxygen atoms in total. The van der Waals surface area contributed by atoms with E-state index in [-0.39, 0.29) is 0 Å². The molecule has 0 radical (unpaired) electrons. The van der Waals surface area contributed by atoms with Crippen LogP contribution in [-0.2, 0) is 4.74 Å². The fourth-order valence-electron chi connectivity index (χ4n) is 1.76. The highest BCUT2D eigenvalue weighted by atomic mass is 16.5. The van der Waals surface area contributed by atoms with Crippen molar-refractivity contribution in [2.75, 3.05) is 0 Å². The number of ether oxygens (including phenoxy) is 1. The number of hydrogen-bond acceptors (Lipinski definition) is 3. The Labute approximate surface area is 112 Å². The summed E-state index contributed by atoms with van der Waals surface area (Å²) >= 11 is 0. The lowest BCUT2D eigenvalue weighted by Gasteiger charge is -2.15. The molecule has 0 N–H and O–H groups in total. The van der Waals surface area contributed by atoms with Crippen LogP contribution < -0.4 is 0 Å². The van der Waals surface area contributed by atoms with E-state index in [1.807, 2.05) is 60.7 Å². The van der Waals surface area contributed by atoms with Gasteiger partial charge in [0.15, 0.2) is 12.2 Å². The van der Waals surface area contributed by atoms with Crippen molar-refractivity contribution in [3.8, 4) is 12.1 Å². The minimum Gasteiger partial charge on any atom is -0.336 e. The third kappa shape index (κ3) is 3.19. The quantitative estimate of drug-likeness (QED) is 0.831. The molecule has 0 saturated heterocycles. The van der Waals surface area contributed by atoms with Crippen molar-refractivity contribution in [1.82, 2.24) is 0 Å². The Bertz CT molecular complexity index is 541. The van der Waals surface area contributed by atoms with E-state index >= 15 is 0 Å². The van der Waals surface area contributed by atoms with Crippen LogP contribution in [0.3, 0.4) is 0 Å². The molecule has 0 fully saturated rings. The van der Waals surface area contributed by atoms with Gasteiger partial charge in [0.05, 0.1) is 12.1 Å². The predicted octanol–water partition coefficient (Wildman–Crippen LogP) is 3.53. The molecule has 19 heavy (non-hydrogen) atoms. The Morgan fingerprint density at radius 3 is 1.37 bits per heavy atom. The van der Waals surface area contributed by atoms with Crippen LogP contribution in [0.5, 0.6) is 0 Å². The van der Waals surface area contributed by atoms with Crippen LogP contribution >= 0.6 is 0 Å². The maximum atomic E-state index is 9.19. The fraction of sp³-hybridized carbons (Fsp3) is 0.125. The predicted molar refractivity (Wildman–Crippen MR) is 70.7 cm³/mol. The topological polar surface area (TPSA) is 56.8 Å². The standard InChI is InChI=1S/C16H12N2O/c17-11-15(13-7-3-1-4-8-13)19-16(12-18)14-9-5-2-6-10-14/h1-10,15-16H/t15-,16-/m0/s1. The average molecular weight is 248 g/mol. The summed E-state index contributed by atoms with van der Waals surface area (Å²) in [6, 6.07) is 22.5. The molecule has 0 unspecified atom stereocenters. The number of rotatable bonds is 4.